The Hall–Kier alpha value is -2.70. The van der Waals surface area contributed by atoms with Crippen LogP contribution < -0.4 is 15.2 Å². The van der Waals surface area contributed by atoms with Crippen molar-refractivity contribution in [3.8, 4) is 11.5 Å². The molecule has 0 atom stereocenters. The highest BCUT2D eigenvalue weighted by molar-refractivity contribution is 5.97. The van der Waals surface area contributed by atoms with Crippen LogP contribution >= 0.6 is 0 Å². The fourth-order valence-corrected chi connectivity index (χ4v) is 2.81. The lowest BCUT2D eigenvalue weighted by atomic mass is 10.1. The minimum atomic E-state index is -1.19. The van der Waals surface area contributed by atoms with Gasteiger partial charge in [-0.25, -0.2) is 4.79 Å². The molecule has 0 aliphatic carbocycles. The number of nitrogens with zero attached hydrogens (tertiary/aromatic N) is 2. The zero-order valence-electron chi connectivity index (χ0n) is 15.7. The maximum absolute atomic E-state index is 13.0. The second kappa shape index (κ2) is 8.12. The second-order valence-electron chi connectivity index (χ2n) is 6.74. The molecule has 7 heteroatoms. The van der Waals surface area contributed by atoms with Crippen molar-refractivity contribution in [3.05, 3.63) is 28.6 Å². The molecule has 1 aromatic heterocycles. The number of ether oxygens (including phenoxy) is 1. The number of aromatic hydroxyl groups is 1. The molecule has 1 heterocycles. The highest BCUT2D eigenvalue weighted by Gasteiger charge is 2.25. The van der Waals surface area contributed by atoms with Crippen LogP contribution in [0.4, 0.5) is 10.6 Å². The predicted octanol–water partition coefficient (Wildman–Crippen LogP) is 3.66. The number of hydrogen-bond donors (Lipinski definition) is 2. The van der Waals surface area contributed by atoms with E-state index in [0.717, 1.165) is 17.7 Å². The molecule has 2 rings (SSSR count). The number of aromatic nitrogens is 1. The number of anilines is 1. The molecule has 0 spiro atoms. The number of hydrogen-bond acceptors (Lipinski definition) is 4. The molecule has 0 fully saturated rings. The first kappa shape index (κ1) is 19.6. The van der Waals surface area contributed by atoms with Crippen molar-refractivity contribution in [3.63, 3.8) is 0 Å². The molecule has 1 amide bonds. The molecule has 7 nitrogen and oxygen atoms in total. The number of unbranched alkanes of at least 4 members (excludes halogenated alkanes) is 1. The van der Waals surface area contributed by atoms with Crippen molar-refractivity contribution >= 4 is 22.7 Å². The molecule has 0 saturated heterocycles. The van der Waals surface area contributed by atoms with Crippen molar-refractivity contribution in [2.75, 3.05) is 18.6 Å². The van der Waals surface area contributed by atoms with Crippen LogP contribution in [0.1, 0.15) is 33.6 Å². The van der Waals surface area contributed by atoms with E-state index in [9.17, 15) is 19.8 Å². The fourth-order valence-electron chi connectivity index (χ4n) is 2.81. The highest BCUT2D eigenvalue weighted by atomic mass is 16.5. The Morgan fingerprint density at radius 2 is 2.00 bits per heavy atom. The van der Waals surface area contributed by atoms with Crippen LogP contribution in [0.3, 0.4) is 0 Å². The smallest absolute Gasteiger partial charge is 0.412 e. The summed E-state index contributed by atoms with van der Waals surface area (Å²) in [5, 5.41) is 20.2. The van der Waals surface area contributed by atoms with E-state index >= 15 is 0 Å². The Labute approximate surface area is 152 Å². The molecule has 1 aromatic carbocycles. The molecule has 2 N–H and O–H groups in total. The van der Waals surface area contributed by atoms with Gasteiger partial charge < -0.3 is 14.9 Å². The van der Waals surface area contributed by atoms with Crippen LogP contribution in [0.15, 0.2) is 23.0 Å². The Morgan fingerprint density at radius 1 is 1.31 bits per heavy atom. The summed E-state index contributed by atoms with van der Waals surface area (Å²) < 4.78 is 7.36. The molecular weight excluding hydrogens is 336 g/mol. The summed E-state index contributed by atoms with van der Waals surface area (Å²) in [5.74, 6) is 0.606. The molecule has 0 aliphatic rings. The number of phenolic OH excluding ortho intramolecular Hbond substituents is 1. The minimum absolute atomic E-state index is 0.0113. The van der Waals surface area contributed by atoms with E-state index in [-0.39, 0.29) is 23.0 Å². The Bertz CT molecular complexity index is 857. The molecule has 26 heavy (non-hydrogen) atoms. The first-order valence-electron chi connectivity index (χ1n) is 8.76. The monoisotopic (exact) mass is 362 g/mol. The zero-order chi connectivity index (χ0) is 19.4. The van der Waals surface area contributed by atoms with E-state index in [0.29, 0.717) is 29.7 Å². The van der Waals surface area contributed by atoms with Crippen molar-refractivity contribution in [1.82, 2.24) is 4.57 Å². The van der Waals surface area contributed by atoms with Crippen molar-refractivity contribution in [1.29, 1.82) is 0 Å². The van der Waals surface area contributed by atoms with Crippen molar-refractivity contribution in [2.24, 2.45) is 5.92 Å². The van der Waals surface area contributed by atoms with Gasteiger partial charge in [0.2, 0.25) is 0 Å². The van der Waals surface area contributed by atoms with Gasteiger partial charge in [-0.2, -0.15) is 0 Å². The summed E-state index contributed by atoms with van der Waals surface area (Å²) in [7, 11) is 1.38. The van der Waals surface area contributed by atoms with Gasteiger partial charge in [0.1, 0.15) is 5.75 Å². The third kappa shape index (κ3) is 3.92. The molecule has 0 unspecified atom stereocenters. The first-order valence-corrected chi connectivity index (χ1v) is 8.76. The van der Waals surface area contributed by atoms with E-state index in [2.05, 4.69) is 0 Å². The fraction of sp³-hybridized carbons (Fsp3) is 0.474. The van der Waals surface area contributed by atoms with Crippen LogP contribution in [0.2, 0.25) is 0 Å². The van der Waals surface area contributed by atoms with Gasteiger partial charge >= 0.3 is 6.09 Å². The highest BCUT2D eigenvalue weighted by Crippen LogP contribution is 2.36. The van der Waals surface area contributed by atoms with Gasteiger partial charge in [-0.1, -0.05) is 27.2 Å². The number of amides is 1. The predicted molar refractivity (Wildman–Crippen MR) is 102 cm³/mol. The van der Waals surface area contributed by atoms with Gasteiger partial charge in [0.15, 0.2) is 11.6 Å². The van der Waals surface area contributed by atoms with Gasteiger partial charge in [0.25, 0.3) is 5.56 Å². The maximum atomic E-state index is 13.0. The molecule has 142 valence electrons. The Morgan fingerprint density at radius 3 is 2.58 bits per heavy atom. The Kier molecular flexibility index (Phi) is 6.13. The lowest BCUT2D eigenvalue weighted by Gasteiger charge is -2.25. The quantitative estimate of drug-likeness (QED) is 0.734. The number of fused-ring (bicyclic) bond motifs is 1. The minimum Gasteiger partial charge on any atom is -0.508 e. The number of pyridine rings is 1. The number of rotatable bonds is 7. The van der Waals surface area contributed by atoms with E-state index in [1.54, 1.807) is 6.07 Å². The van der Waals surface area contributed by atoms with Crippen LogP contribution in [-0.4, -0.2) is 34.5 Å². The van der Waals surface area contributed by atoms with Crippen molar-refractivity contribution in [2.45, 2.75) is 40.2 Å². The van der Waals surface area contributed by atoms with Gasteiger partial charge in [-0.15, -0.1) is 0 Å². The molecule has 0 bridgehead atoms. The first-order chi connectivity index (χ1) is 12.3. The van der Waals surface area contributed by atoms with E-state index in [1.807, 2.05) is 20.8 Å². The van der Waals surface area contributed by atoms with Crippen LogP contribution in [0, 0.1) is 5.92 Å². The summed E-state index contributed by atoms with van der Waals surface area (Å²) in [6.07, 6.45) is 0.514. The average molecular weight is 362 g/mol. The van der Waals surface area contributed by atoms with Crippen LogP contribution in [0.5, 0.6) is 11.5 Å². The number of carboxylic acid groups (broad SMARTS) is 1. The number of carbonyl (C=O) groups is 1. The summed E-state index contributed by atoms with van der Waals surface area (Å²) >= 11 is 0. The molecule has 0 saturated carbocycles. The van der Waals surface area contributed by atoms with E-state index in [1.165, 1.54) is 23.7 Å². The summed E-state index contributed by atoms with van der Waals surface area (Å²) in [4.78, 5) is 25.6. The van der Waals surface area contributed by atoms with Crippen molar-refractivity contribution < 1.29 is 19.7 Å². The van der Waals surface area contributed by atoms with Crippen LogP contribution in [0.25, 0.3) is 10.8 Å². The van der Waals surface area contributed by atoms with Crippen LogP contribution in [-0.2, 0) is 6.54 Å². The standard InChI is InChI=1S/C19H26N2O5/c1-5-6-9-26-16-15-10-13(22)7-8-14(15)18(23)21(11-12(2)3)17(16)20(4)19(24)25/h7-8,10,12,22H,5-6,9,11H2,1-4H3,(H,24,25). The summed E-state index contributed by atoms with van der Waals surface area (Å²) in [5.41, 5.74) is -0.306. The summed E-state index contributed by atoms with van der Waals surface area (Å²) in [6, 6.07) is 4.43. The van der Waals surface area contributed by atoms with Gasteiger partial charge in [0, 0.05) is 19.0 Å². The summed E-state index contributed by atoms with van der Waals surface area (Å²) in [6.45, 7) is 6.68. The van der Waals surface area contributed by atoms with E-state index < -0.39 is 6.09 Å². The number of benzene rings is 1. The lowest BCUT2D eigenvalue weighted by Crippen LogP contribution is -2.34. The number of phenols is 1. The SMILES string of the molecule is CCCCOc1c(N(C)C(=O)O)n(CC(C)C)c(=O)c2ccc(O)cc12. The normalized spacial score (nSPS) is 11.1. The topological polar surface area (TPSA) is 92.0 Å². The Balaban J connectivity index is 2.86. The third-order valence-electron chi connectivity index (χ3n) is 4.08. The largest absolute Gasteiger partial charge is 0.508 e. The maximum Gasteiger partial charge on any atom is 0.412 e. The molecular formula is C19H26N2O5. The van der Waals surface area contributed by atoms with Gasteiger partial charge in [0.05, 0.1) is 12.0 Å². The molecule has 2 aromatic rings. The third-order valence-corrected chi connectivity index (χ3v) is 4.08. The second-order valence-corrected chi connectivity index (χ2v) is 6.74. The van der Waals surface area contributed by atoms with E-state index in [4.69, 9.17) is 4.74 Å². The van der Waals surface area contributed by atoms with Gasteiger partial charge in [-0.05, 0) is 30.5 Å². The zero-order valence-corrected chi connectivity index (χ0v) is 15.7. The van der Waals surface area contributed by atoms with Gasteiger partial charge in [-0.3, -0.25) is 14.3 Å². The average Bonchev–Trinajstić information content (AvgIpc) is 2.57. The molecule has 0 radical (unpaired) electrons. The molecule has 0 aliphatic heterocycles. The lowest BCUT2D eigenvalue weighted by molar-refractivity contribution is 0.202.